The van der Waals surface area contributed by atoms with Gasteiger partial charge in [-0.25, -0.2) is 0 Å². The minimum absolute atomic E-state index is 0.00562. The maximum atomic E-state index is 13.1. The first-order valence-electron chi connectivity index (χ1n) is 8.92. The second-order valence-corrected chi connectivity index (χ2v) is 8.42. The van der Waals surface area contributed by atoms with Gasteiger partial charge in [-0.3, -0.25) is 14.4 Å². The standard InChI is InChI=1S/C18H32N2O4S/c1-12(2)10-15(16(22)19-4)20-17(23)18(11-25-13(3)21)8-6-14(24-5)7-9-18/h12,14-15H,6-11H2,1-5H3,(H,19,22)(H,20,23)/t14-,15-,18+/m0/s1. The minimum atomic E-state index is -0.616. The molecule has 0 aromatic heterocycles. The number of ether oxygens (including phenoxy) is 1. The zero-order chi connectivity index (χ0) is 19.0. The number of rotatable bonds is 8. The highest BCUT2D eigenvalue weighted by atomic mass is 32.2. The summed E-state index contributed by atoms with van der Waals surface area (Å²) < 4.78 is 5.41. The normalized spacial score (nSPS) is 24.6. The third-order valence-electron chi connectivity index (χ3n) is 4.83. The Morgan fingerprint density at radius 1 is 1.24 bits per heavy atom. The third-order valence-corrected chi connectivity index (χ3v) is 5.94. The number of carbonyl (C=O) groups excluding carboxylic acids is 3. The lowest BCUT2D eigenvalue weighted by Gasteiger charge is -2.39. The van der Waals surface area contributed by atoms with Crippen molar-refractivity contribution in [3.05, 3.63) is 0 Å². The molecule has 0 aliphatic heterocycles. The van der Waals surface area contributed by atoms with Gasteiger partial charge in [-0.1, -0.05) is 25.6 Å². The van der Waals surface area contributed by atoms with Crippen LogP contribution in [0.1, 0.15) is 52.9 Å². The topological polar surface area (TPSA) is 84.5 Å². The largest absolute Gasteiger partial charge is 0.381 e. The van der Waals surface area contributed by atoms with Crippen molar-refractivity contribution in [2.24, 2.45) is 11.3 Å². The van der Waals surface area contributed by atoms with Gasteiger partial charge in [0.05, 0.1) is 11.5 Å². The fourth-order valence-electron chi connectivity index (χ4n) is 3.24. The van der Waals surface area contributed by atoms with Crippen molar-refractivity contribution in [2.75, 3.05) is 19.9 Å². The molecule has 0 radical (unpaired) electrons. The molecule has 0 aromatic carbocycles. The molecule has 0 unspecified atom stereocenters. The molecule has 0 saturated heterocycles. The number of amides is 2. The number of hydrogen-bond donors (Lipinski definition) is 2. The number of carbonyl (C=O) groups is 3. The average Bonchev–Trinajstić information content (AvgIpc) is 2.58. The minimum Gasteiger partial charge on any atom is -0.381 e. The van der Waals surface area contributed by atoms with Crippen LogP contribution in [0.15, 0.2) is 0 Å². The van der Waals surface area contributed by atoms with Gasteiger partial charge in [-0.15, -0.1) is 0 Å². The first kappa shape index (κ1) is 22.0. The second kappa shape index (κ2) is 10.2. The van der Waals surface area contributed by atoms with Crippen molar-refractivity contribution in [3.8, 4) is 0 Å². The summed E-state index contributed by atoms with van der Waals surface area (Å²) in [4.78, 5) is 36.6. The highest BCUT2D eigenvalue weighted by Crippen LogP contribution is 2.40. The summed E-state index contributed by atoms with van der Waals surface area (Å²) in [5.74, 6) is 0.439. The Morgan fingerprint density at radius 3 is 2.28 bits per heavy atom. The number of likely N-dealkylation sites (N-methyl/N-ethyl adjacent to an activating group) is 1. The number of hydrogen-bond acceptors (Lipinski definition) is 5. The Balaban J connectivity index is 2.90. The maximum absolute atomic E-state index is 13.1. The van der Waals surface area contributed by atoms with Crippen LogP contribution in [0.5, 0.6) is 0 Å². The lowest BCUT2D eigenvalue weighted by atomic mass is 9.73. The van der Waals surface area contributed by atoms with Gasteiger partial charge in [0.25, 0.3) is 0 Å². The Bertz CT molecular complexity index is 474. The van der Waals surface area contributed by atoms with E-state index >= 15 is 0 Å². The van der Waals surface area contributed by atoms with E-state index in [-0.39, 0.29) is 29.0 Å². The van der Waals surface area contributed by atoms with E-state index < -0.39 is 11.5 Å². The zero-order valence-corrected chi connectivity index (χ0v) is 16.8. The summed E-state index contributed by atoms with van der Waals surface area (Å²) >= 11 is 1.19. The van der Waals surface area contributed by atoms with E-state index in [1.165, 1.54) is 18.7 Å². The van der Waals surface area contributed by atoms with E-state index in [0.29, 0.717) is 25.0 Å². The van der Waals surface area contributed by atoms with Crippen molar-refractivity contribution in [1.29, 1.82) is 0 Å². The van der Waals surface area contributed by atoms with Crippen molar-refractivity contribution < 1.29 is 19.1 Å². The molecule has 0 bridgehead atoms. The lowest BCUT2D eigenvalue weighted by molar-refractivity contribution is -0.137. The van der Waals surface area contributed by atoms with Crippen LogP contribution in [-0.4, -0.2) is 49.0 Å². The van der Waals surface area contributed by atoms with Crippen LogP contribution in [0, 0.1) is 11.3 Å². The van der Waals surface area contributed by atoms with Gasteiger partial charge in [-0.2, -0.15) is 0 Å². The SMILES string of the molecule is CNC(=O)[C@H](CC(C)C)NC(=O)[C@]1(CSC(C)=O)CC[C@H](OC)CC1. The molecule has 0 aromatic rings. The molecule has 2 N–H and O–H groups in total. The average molecular weight is 373 g/mol. The molecule has 0 spiro atoms. The lowest BCUT2D eigenvalue weighted by Crippen LogP contribution is -2.53. The summed E-state index contributed by atoms with van der Waals surface area (Å²) in [6, 6.07) is -0.545. The Labute approximate surface area is 155 Å². The van der Waals surface area contributed by atoms with Crippen molar-refractivity contribution >= 4 is 28.7 Å². The van der Waals surface area contributed by atoms with E-state index in [4.69, 9.17) is 4.74 Å². The van der Waals surface area contributed by atoms with Gasteiger partial charge in [0.1, 0.15) is 6.04 Å². The highest BCUT2D eigenvalue weighted by molar-refractivity contribution is 8.13. The van der Waals surface area contributed by atoms with Gasteiger partial charge >= 0.3 is 0 Å². The van der Waals surface area contributed by atoms with Crippen LogP contribution in [0.25, 0.3) is 0 Å². The van der Waals surface area contributed by atoms with Crippen molar-refractivity contribution in [2.45, 2.75) is 65.0 Å². The van der Waals surface area contributed by atoms with Gasteiger partial charge in [-0.05, 0) is 38.0 Å². The molecule has 1 atom stereocenters. The van der Waals surface area contributed by atoms with Crippen LogP contribution in [0.3, 0.4) is 0 Å². The first-order chi connectivity index (χ1) is 11.7. The summed E-state index contributed by atoms with van der Waals surface area (Å²) in [5.41, 5.74) is -0.616. The molecular weight excluding hydrogens is 340 g/mol. The van der Waals surface area contributed by atoms with E-state index in [9.17, 15) is 14.4 Å². The fraction of sp³-hybridized carbons (Fsp3) is 0.833. The van der Waals surface area contributed by atoms with Gasteiger partial charge in [0.2, 0.25) is 11.8 Å². The molecule has 144 valence electrons. The Kier molecular flexibility index (Phi) is 8.93. The van der Waals surface area contributed by atoms with E-state index in [1.807, 2.05) is 13.8 Å². The molecule has 1 rings (SSSR count). The number of nitrogens with one attached hydrogen (secondary N) is 2. The molecule has 1 aliphatic carbocycles. The third kappa shape index (κ3) is 6.62. The molecule has 1 fully saturated rings. The van der Waals surface area contributed by atoms with E-state index in [1.54, 1.807) is 14.2 Å². The molecule has 7 heteroatoms. The van der Waals surface area contributed by atoms with E-state index in [0.717, 1.165) is 12.8 Å². The molecular formula is C18H32N2O4S. The van der Waals surface area contributed by atoms with Crippen LogP contribution in [0.4, 0.5) is 0 Å². The van der Waals surface area contributed by atoms with Gasteiger partial charge in [0.15, 0.2) is 5.12 Å². The van der Waals surface area contributed by atoms with Crippen molar-refractivity contribution in [1.82, 2.24) is 10.6 Å². The fourth-order valence-corrected chi connectivity index (χ4v) is 4.14. The maximum Gasteiger partial charge on any atom is 0.242 e. The zero-order valence-electron chi connectivity index (χ0n) is 16.0. The Morgan fingerprint density at radius 2 is 1.84 bits per heavy atom. The number of thioether (sulfide) groups is 1. The van der Waals surface area contributed by atoms with Crippen LogP contribution < -0.4 is 10.6 Å². The van der Waals surface area contributed by atoms with Gasteiger partial charge in [0, 0.05) is 26.8 Å². The molecule has 1 aliphatic rings. The summed E-state index contributed by atoms with van der Waals surface area (Å²) in [7, 11) is 3.26. The summed E-state index contributed by atoms with van der Waals surface area (Å²) in [6.07, 6.45) is 3.66. The second-order valence-electron chi connectivity index (χ2n) is 7.27. The molecule has 6 nitrogen and oxygen atoms in total. The molecule has 2 amide bonds. The smallest absolute Gasteiger partial charge is 0.242 e. The predicted molar refractivity (Wildman–Crippen MR) is 100 cm³/mol. The van der Waals surface area contributed by atoms with Crippen LogP contribution in [0.2, 0.25) is 0 Å². The first-order valence-corrected chi connectivity index (χ1v) is 9.91. The quantitative estimate of drug-likeness (QED) is 0.682. The summed E-state index contributed by atoms with van der Waals surface area (Å²) in [6.45, 7) is 5.56. The van der Waals surface area contributed by atoms with Crippen molar-refractivity contribution in [3.63, 3.8) is 0 Å². The highest BCUT2D eigenvalue weighted by Gasteiger charge is 2.43. The molecule has 25 heavy (non-hydrogen) atoms. The number of methoxy groups -OCH3 is 1. The monoisotopic (exact) mass is 372 g/mol. The van der Waals surface area contributed by atoms with Crippen LogP contribution in [-0.2, 0) is 19.1 Å². The van der Waals surface area contributed by atoms with Crippen LogP contribution >= 0.6 is 11.8 Å². The Hall–Kier alpha value is -1.08. The molecule has 0 heterocycles. The van der Waals surface area contributed by atoms with E-state index in [2.05, 4.69) is 10.6 Å². The van der Waals surface area contributed by atoms with Gasteiger partial charge < -0.3 is 15.4 Å². The summed E-state index contributed by atoms with van der Waals surface area (Å²) in [5, 5.41) is 5.58. The molecule has 1 saturated carbocycles. The predicted octanol–water partition coefficient (Wildman–Crippen LogP) is 2.12.